The zero-order valence-corrected chi connectivity index (χ0v) is 40.7. The van der Waals surface area contributed by atoms with Crippen molar-refractivity contribution in [1.29, 1.82) is 0 Å². The summed E-state index contributed by atoms with van der Waals surface area (Å²) in [6, 6.07) is 4.56. The van der Waals surface area contributed by atoms with E-state index in [1.54, 1.807) is 31.7 Å². The number of thiophene rings is 1. The van der Waals surface area contributed by atoms with Crippen molar-refractivity contribution in [2.24, 2.45) is 0 Å². The first-order valence-electron chi connectivity index (χ1n) is 21.7. The number of aryl methyl sites for hydroxylation is 1. The van der Waals surface area contributed by atoms with E-state index >= 15 is 8.78 Å². The number of fused-ring (bicyclic) bond motifs is 3. The number of alkyl halides is 3. The van der Waals surface area contributed by atoms with Crippen molar-refractivity contribution in [3.05, 3.63) is 39.0 Å². The number of aromatic nitrogens is 2. The molecule has 4 aliphatic rings. The Kier molecular flexibility index (Phi) is 11.7. The second-order valence-electron chi connectivity index (χ2n) is 19.9. The van der Waals surface area contributed by atoms with E-state index in [4.69, 9.17) is 24.2 Å². The zero-order valence-electron chi connectivity index (χ0n) is 37.7. The number of carbonyl (C=O) groups is 2. The van der Waals surface area contributed by atoms with Gasteiger partial charge in [-0.25, -0.2) is 0 Å². The van der Waals surface area contributed by atoms with Gasteiger partial charge < -0.3 is 0 Å². The van der Waals surface area contributed by atoms with E-state index in [9.17, 15) is 14.0 Å². The molecule has 338 valence electrons. The first kappa shape index (κ1) is 44.9. The van der Waals surface area contributed by atoms with Crippen LogP contribution in [0.1, 0.15) is 100 Å². The van der Waals surface area contributed by atoms with Crippen LogP contribution in [0, 0.1) is 22.1 Å². The number of amides is 2. The predicted octanol–water partition coefficient (Wildman–Crippen LogP) is 11.1. The molecular weight excluding hydrogens is 933 g/mol. The van der Waals surface area contributed by atoms with Crippen LogP contribution >= 0.6 is 31.2 Å². The van der Waals surface area contributed by atoms with Gasteiger partial charge in [-0.2, -0.15) is 0 Å². The van der Waals surface area contributed by atoms with E-state index in [0.29, 0.717) is 69.0 Å². The molecule has 2 aromatic carbocycles. The molecule has 5 atom stereocenters. The van der Waals surface area contributed by atoms with Crippen molar-refractivity contribution < 1.29 is 37.0 Å². The first-order chi connectivity index (χ1) is 29.0. The van der Waals surface area contributed by atoms with Crippen LogP contribution in [0.5, 0.6) is 6.01 Å². The summed E-state index contributed by atoms with van der Waals surface area (Å²) < 4.78 is 69.1. The topological polar surface area (TPSA) is 109 Å². The van der Waals surface area contributed by atoms with Crippen molar-refractivity contribution >= 4 is 75.2 Å². The molecule has 4 aliphatic heterocycles. The maximum absolute atomic E-state index is 18.3. The van der Waals surface area contributed by atoms with Crippen molar-refractivity contribution in [3.8, 4) is 17.1 Å². The van der Waals surface area contributed by atoms with Crippen LogP contribution in [0.3, 0.4) is 0 Å². The molecule has 2 amide bonds. The molecule has 1 N–H and O–H groups in total. The van der Waals surface area contributed by atoms with Crippen LogP contribution in [-0.4, -0.2) is 108 Å². The Bertz CT molecular complexity index is 2440. The number of nitrogens with one attached hydrogen (secondary N) is 1. The quantitative estimate of drug-likeness (QED) is 0.136. The normalized spacial score (nSPS) is 26.0. The number of rotatable bonds is 8. The van der Waals surface area contributed by atoms with Crippen LogP contribution in [-0.2, 0) is 9.47 Å². The van der Waals surface area contributed by atoms with Crippen LogP contribution in [0.25, 0.3) is 32.1 Å². The molecule has 0 aliphatic carbocycles. The number of ether oxygens (including phenoxy) is 3. The molecule has 1 unspecified atom stereocenters. The minimum absolute atomic E-state index is 0.00787. The number of hydrogen-bond acceptors (Lipinski definition) is 10. The van der Waals surface area contributed by atoms with E-state index in [-0.39, 0.29) is 33.6 Å². The standard InChI is InChI=1S/C46H60F3IN6O5S/c1-12-45(11)23-50(45)32-18-30-36(35(49)34(32)29-14-15-31(48)37-33(29)27(4)39(62-37)53-41(57)60-43(5,6)7)51-40(59-24-46-16-13-17-54(46)22-28(47)19-46)52-38(30)55-20-26(3)56(21-25(55)2)42(58)61-44(8,9)10/h14-15,18,25-26,28H,12-13,16-17,19-24H2,1-11H3,(H,53,57)/t25-,26+,28+,45?,46-/m0/s1. The Hall–Kier alpha value is -3.64. The number of benzene rings is 2. The summed E-state index contributed by atoms with van der Waals surface area (Å²) in [4.78, 5) is 42.3. The fourth-order valence-corrected chi connectivity index (χ4v) is 18.1. The van der Waals surface area contributed by atoms with E-state index in [1.807, 2.05) is 41.5 Å². The molecule has 62 heavy (non-hydrogen) atoms. The van der Waals surface area contributed by atoms with E-state index in [0.717, 1.165) is 45.1 Å². The van der Waals surface area contributed by atoms with E-state index in [2.05, 4.69) is 35.0 Å². The second-order valence-corrected chi connectivity index (χ2v) is 27.5. The van der Waals surface area contributed by atoms with Gasteiger partial charge in [0.1, 0.15) is 0 Å². The molecule has 6 heterocycles. The number of piperazine rings is 1. The summed E-state index contributed by atoms with van der Waals surface area (Å²) >= 11 is -0.972. The monoisotopic (exact) mass is 992 g/mol. The number of anilines is 2. The molecule has 8 rings (SSSR count). The summed E-state index contributed by atoms with van der Waals surface area (Å²) in [5.74, 6) is -0.518. The van der Waals surface area contributed by atoms with Crippen LogP contribution in [0.2, 0.25) is 0 Å². The third kappa shape index (κ3) is 8.40. The van der Waals surface area contributed by atoms with Crippen LogP contribution in [0.4, 0.5) is 33.6 Å². The van der Waals surface area contributed by atoms with Gasteiger partial charge in [0.25, 0.3) is 0 Å². The summed E-state index contributed by atoms with van der Waals surface area (Å²) in [7, 11) is 0. The molecular formula is C46H60F3IN6O5S. The predicted molar refractivity (Wildman–Crippen MR) is 249 cm³/mol. The van der Waals surface area contributed by atoms with Gasteiger partial charge >= 0.3 is 376 Å². The number of hydrogen-bond donors (Lipinski definition) is 1. The number of halogens is 4. The fourth-order valence-electron chi connectivity index (χ4n) is 9.39. The SMILES string of the molecule is CCC1(C)CI1c1cc2c(N3C[C@@H](C)N(C(=O)OC(C)(C)C)C[C@@H]3C)nc(OC[C@@]34CCCN3C[C@H](F)C4)nc2c(F)c1-c1ccc(F)c2sc(NC(=O)OC(C)(C)C)c(C)c12. The van der Waals surface area contributed by atoms with Gasteiger partial charge in [0.15, 0.2) is 0 Å². The third-order valence-corrected chi connectivity index (χ3v) is 22.0. The fraction of sp³-hybridized carbons (Fsp3) is 0.609. The molecule has 0 bridgehead atoms. The van der Waals surface area contributed by atoms with Gasteiger partial charge in [0.2, 0.25) is 0 Å². The molecule has 16 heteroatoms. The molecule has 4 aromatic rings. The Morgan fingerprint density at radius 3 is 2.44 bits per heavy atom. The van der Waals surface area contributed by atoms with Crippen LogP contribution < -0.4 is 15.0 Å². The average Bonchev–Trinajstić information content (AvgIpc) is 3.35. The second kappa shape index (κ2) is 16.1. The summed E-state index contributed by atoms with van der Waals surface area (Å²) in [6.07, 6.45) is 0.991. The van der Waals surface area contributed by atoms with E-state index < -0.39 is 66.6 Å². The zero-order chi connectivity index (χ0) is 44.8. The van der Waals surface area contributed by atoms with Gasteiger partial charge in [0.05, 0.1) is 0 Å². The maximum atomic E-state index is 18.3. The Morgan fingerprint density at radius 1 is 1.03 bits per heavy atom. The van der Waals surface area contributed by atoms with Crippen molar-refractivity contribution in [3.63, 3.8) is 0 Å². The molecule has 0 saturated carbocycles. The Morgan fingerprint density at radius 2 is 1.76 bits per heavy atom. The van der Waals surface area contributed by atoms with Crippen molar-refractivity contribution in [1.82, 2.24) is 19.8 Å². The molecule has 4 fully saturated rings. The Balaban J connectivity index is 1.30. The molecule has 0 radical (unpaired) electrons. The molecule has 11 nitrogen and oxygen atoms in total. The van der Waals surface area contributed by atoms with Crippen molar-refractivity contribution in [2.45, 2.75) is 140 Å². The Labute approximate surface area is 373 Å². The molecule has 4 saturated heterocycles. The summed E-state index contributed by atoms with van der Waals surface area (Å²) in [5.41, 5.74) is -0.308. The van der Waals surface area contributed by atoms with Crippen molar-refractivity contribution in [2.75, 3.05) is 47.4 Å². The van der Waals surface area contributed by atoms with Gasteiger partial charge in [-0.1, -0.05) is 0 Å². The van der Waals surface area contributed by atoms with Gasteiger partial charge in [-0.05, 0) is 0 Å². The minimum atomic E-state index is -2.07. The average molecular weight is 993 g/mol. The number of nitrogens with zero attached hydrogens (tertiary/aromatic N) is 5. The third-order valence-electron chi connectivity index (χ3n) is 12.7. The van der Waals surface area contributed by atoms with E-state index in [1.165, 1.54) is 6.07 Å². The van der Waals surface area contributed by atoms with Crippen LogP contribution in [0.15, 0.2) is 18.2 Å². The molecule has 2 aromatic heterocycles. The first-order valence-corrected chi connectivity index (χ1v) is 26.2. The van der Waals surface area contributed by atoms with Gasteiger partial charge in [-0.15, -0.1) is 0 Å². The van der Waals surface area contributed by atoms with Gasteiger partial charge in [0, 0.05) is 0 Å². The summed E-state index contributed by atoms with van der Waals surface area (Å²) in [5, 5.41) is 4.30. The number of carbonyl (C=O) groups excluding carboxylic acids is 2. The van der Waals surface area contributed by atoms with Gasteiger partial charge in [-0.3, -0.25) is 0 Å². The molecule has 0 spiro atoms. The summed E-state index contributed by atoms with van der Waals surface area (Å²) in [6.45, 7) is 23.1.